The molecule has 4 aromatic carbocycles. The Morgan fingerprint density at radius 1 is 0.750 bits per heavy atom. The number of rotatable bonds is 6. The highest BCUT2D eigenvalue weighted by Gasteiger charge is 2.17. The van der Waals surface area contributed by atoms with E-state index in [1.807, 2.05) is 78.9 Å². The number of likely N-dealkylation sites (N-methyl/N-ethyl adjacent to an activating group) is 1. The molecular formula is C29H24FNO. The summed E-state index contributed by atoms with van der Waals surface area (Å²) in [5.41, 5.74) is 5.42. The highest BCUT2D eigenvalue weighted by atomic mass is 19.1. The van der Waals surface area contributed by atoms with Crippen LogP contribution in [0.3, 0.4) is 0 Å². The Labute approximate surface area is 188 Å². The van der Waals surface area contributed by atoms with Crippen molar-refractivity contribution >= 4 is 17.6 Å². The molecule has 0 unspecified atom stereocenters. The molecule has 32 heavy (non-hydrogen) atoms. The van der Waals surface area contributed by atoms with Crippen LogP contribution in [0.4, 0.5) is 4.39 Å². The number of halogens is 1. The van der Waals surface area contributed by atoms with E-state index in [9.17, 15) is 9.18 Å². The fourth-order valence-corrected chi connectivity index (χ4v) is 3.60. The van der Waals surface area contributed by atoms with Crippen molar-refractivity contribution in [2.75, 3.05) is 7.05 Å². The first-order valence-corrected chi connectivity index (χ1v) is 10.5. The Morgan fingerprint density at radius 3 is 1.94 bits per heavy atom. The van der Waals surface area contributed by atoms with E-state index in [0.29, 0.717) is 12.1 Å². The van der Waals surface area contributed by atoms with Gasteiger partial charge in [-0.05, 0) is 46.0 Å². The van der Waals surface area contributed by atoms with Gasteiger partial charge in [0.15, 0.2) is 0 Å². The molecule has 1 amide bonds. The molecule has 0 aliphatic rings. The molecule has 0 fully saturated rings. The van der Waals surface area contributed by atoms with E-state index >= 15 is 0 Å². The van der Waals surface area contributed by atoms with Gasteiger partial charge in [0.25, 0.3) is 5.91 Å². The quantitative estimate of drug-likeness (QED) is 0.251. The number of hydrogen-bond acceptors (Lipinski definition) is 1. The summed E-state index contributed by atoms with van der Waals surface area (Å²) >= 11 is 0. The van der Waals surface area contributed by atoms with Gasteiger partial charge in [-0.15, -0.1) is 0 Å². The monoisotopic (exact) mass is 421 g/mol. The average molecular weight is 422 g/mol. The lowest BCUT2D eigenvalue weighted by Crippen LogP contribution is -2.27. The third-order valence-corrected chi connectivity index (χ3v) is 5.32. The minimum atomic E-state index is -0.302. The maximum absolute atomic E-state index is 13.5. The standard InChI is InChI=1S/C29H24FNO/c1-31(21-23-8-4-2-5-9-23)29(32)28(20-22-12-18-27(30)19-13-22)26-16-14-25(15-17-26)24-10-6-3-7-11-24/h2-20H,21H2,1H3/b28-20+. The molecule has 0 bridgehead atoms. The predicted octanol–water partition coefficient (Wildman–Crippen LogP) is 6.69. The number of benzene rings is 4. The van der Waals surface area contributed by atoms with Crippen LogP contribution in [0.25, 0.3) is 22.8 Å². The smallest absolute Gasteiger partial charge is 0.254 e. The van der Waals surface area contributed by atoms with E-state index in [1.165, 1.54) is 12.1 Å². The van der Waals surface area contributed by atoms with Gasteiger partial charge in [0.05, 0.1) is 0 Å². The van der Waals surface area contributed by atoms with Crippen LogP contribution in [0.15, 0.2) is 109 Å². The van der Waals surface area contributed by atoms with E-state index in [4.69, 9.17) is 0 Å². The summed E-state index contributed by atoms with van der Waals surface area (Å²) in [4.78, 5) is 15.2. The highest BCUT2D eigenvalue weighted by Crippen LogP contribution is 2.25. The van der Waals surface area contributed by atoms with Gasteiger partial charge < -0.3 is 4.90 Å². The number of nitrogens with zero attached hydrogens (tertiary/aromatic N) is 1. The normalized spacial score (nSPS) is 11.2. The highest BCUT2D eigenvalue weighted by molar-refractivity contribution is 6.24. The van der Waals surface area contributed by atoms with Gasteiger partial charge in [0.1, 0.15) is 5.82 Å². The van der Waals surface area contributed by atoms with Crippen LogP contribution in [-0.2, 0) is 11.3 Å². The molecule has 158 valence electrons. The van der Waals surface area contributed by atoms with E-state index in [2.05, 4.69) is 12.1 Å². The first-order valence-electron chi connectivity index (χ1n) is 10.5. The van der Waals surface area contributed by atoms with Gasteiger partial charge in [-0.25, -0.2) is 4.39 Å². The van der Waals surface area contributed by atoms with E-state index in [0.717, 1.165) is 27.8 Å². The molecule has 0 aromatic heterocycles. The fraction of sp³-hybridized carbons (Fsp3) is 0.0690. The maximum Gasteiger partial charge on any atom is 0.254 e. The molecule has 0 heterocycles. The zero-order valence-electron chi connectivity index (χ0n) is 17.9. The molecule has 4 aromatic rings. The topological polar surface area (TPSA) is 20.3 Å². The molecule has 0 saturated carbocycles. The summed E-state index contributed by atoms with van der Waals surface area (Å²) < 4.78 is 13.4. The second-order valence-electron chi connectivity index (χ2n) is 7.70. The molecule has 0 saturated heterocycles. The summed E-state index contributed by atoms with van der Waals surface area (Å²) in [6.45, 7) is 0.503. The molecule has 0 aliphatic carbocycles. The lowest BCUT2D eigenvalue weighted by molar-refractivity contribution is -0.124. The molecule has 0 atom stereocenters. The number of carbonyl (C=O) groups excluding carboxylic acids is 1. The molecule has 0 aliphatic heterocycles. The molecule has 3 heteroatoms. The van der Waals surface area contributed by atoms with Crippen LogP contribution in [0.5, 0.6) is 0 Å². The average Bonchev–Trinajstić information content (AvgIpc) is 2.84. The van der Waals surface area contributed by atoms with Gasteiger partial charge in [0, 0.05) is 19.2 Å². The van der Waals surface area contributed by atoms with Crippen LogP contribution < -0.4 is 0 Å². The third kappa shape index (κ3) is 5.19. The molecule has 0 spiro atoms. The van der Waals surface area contributed by atoms with Crippen LogP contribution in [0.1, 0.15) is 16.7 Å². The van der Waals surface area contributed by atoms with Gasteiger partial charge in [-0.2, -0.15) is 0 Å². The van der Waals surface area contributed by atoms with Crippen molar-refractivity contribution < 1.29 is 9.18 Å². The first kappa shape index (κ1) is 21.3. The van der Waals surface area contributed by atoms with Crippen molar-refractivity contribution in [3.63, 3.8) is 0 Å². The first-order chi connectivity index (χ1) is 15.6. The van der Waals surface area contributed by atoms with E-state index in [-0.39, 0.29) is 11.7 Å². The molecule has 0 N–H and O–H groups in total. The summed E-state index contributed by atoms with van der Waals surface area (Å²) in [5, 5.41) is 0. The van der Waals surface area contributed by atoms with Crippen molar-refractivity contribution in [1.29, 1.82) is 0 Å². The largest absolute Gasteiger partial charge is 0.337 e. The van der Waals surface area contributed by atoms with Crippen molar-refractivity contribution in [3.05, 3.63) is 132 Å². The Hall–Kier alpha value is -3.98. The lowest BCUT2D eigenvalue weighted by atomic mass is 9.98. The zero-order chi connectivity index (χ0) is 22.3. The Morgan fingerprint density at radius 2 is 1.31 bits per heavy atom. The summed E-state index contributed by atoms with van der Waals surface area (Å²) in [6, 6.07) is 34.1. The Bertz CT molecular complexity index is 1200. The van der Waals surface area contributed by atoms with Gasteiger partial charge in [-0.1, -0.05) is 97.1 Å². The third-order valence-electron chi connectivity index (χ3n) is 5.32. The Kier molecular flexibility index (Phi) is 6.57. The van der Waals surface area contributed by atoms with Crippen molar-refractivity contribution in [3.8, 4) is 11.1 Å². The minimum absolute atomic E-state index is 0.0920. The number of amides is 1. The van der Waals surface area contributed by atoms with Crippen LogP contribution in [0, 0.1) is 5.82 Å². The van der Waals surface area contributed by atoms with Crippen molar-refractivity contribution in [2.45, 2.75) is 6.54 Å². The van der Waals surface area contributed by atoms with E-state index < -0.39 is 0 Å². The van der Waals surface area contributed by atoms with Crippen LogP contribution in [-0.4, -0.2) is 17.9 Å². The lowest BCUT2D eigenvalue weighted by Gasteiger charge is -2.20. The second-order valence-corrected chi connectivity index (χ2v) is 7.70. The predicted molar refractivity (Wildman–Crippen MR) is 129 cm³/mol. The van der Waals surface area contributed by atoms with Gasteiger partial charge in [0.2, 0.25) is 0 Å². The molecule has 0 radical (unpaired) electrons. The fourth-order valence-electron chi connectivity index (χ4n) is 3.60. The molecule has 2 nitrogen and oxygen atoms in total. The van der Waals surface area contributed by atoms with Crippen molar-refractivity contribution in [1.82, 2.24) is 4.90 Å². The molecular weight excluding hydrogens is 397 g/mol. The molecule has 4 rings (SSSR count). The Balaban J connectivity index is 1.67. The minimum Gasteiger partial charge on any atom is -0.337 e. The van der Waals surface area contributed by atoms with Crippen molar-refractivity contribution in [2.24, 2.45) is 0 Å². The number of hydrogen-bond donors (Lipinski definition) is 0. The summed E-state index contributed by atoms with van der Waals surface area (Å²) in [6.07, 6.45) is 1.82. The van der Waals surface area contributed by atoms with E-state index in [1.54, 1.807) is 24.1 Å². The second kappa shape index (κ2) is 9.88. The van der Waals surface area contributed by atoms with Gasteiger partial charge >= 0.3 is 0 Å². The van der Waals surface area contributed by atoms with Gasteiger partial charge in [-0.3, -0.25) is 4.79 Å². The van der Waals surface area contributed by atoms with Crippen LogP contribution >= 0.6 is 0 Å². The zero-order valence-corrected chi connectivity index (χ0v) is 17.9. The summed E-state index contributed by atoms with van der Waals surface area (Å²) in [5.74, 6) is -0.394. The maximum atomic E-state index is 13.5. The SMILES string of the molecule is CN(Cc1ccccc1)C(=O)/C(=C/c1ccc(F)cc1)c1ccc(-c2ccccc2)cc1. The summed E-state index contributed by atoms with van der Waals surface area (Å²) in [7, 11) is 1.80. The van der Waals surface area contributed by atoms with Crippen LogP contribution in [0.2, 0.25) is 0 Å². The number of carbonyl (C=O) groups is 1.